The first-order valence-corrected chi connectivity index (χ1v) is 9.02. The van der Waals surface area contributed by atoms with Gasteiger partial charge in [-0.05, 0) is 25.1 Å². The van der Waals surface area contributed by atoms with E-state index in [0.717, 1.165) is 17.4 Å². The van der Waals surface area contributed by atoms with Gasteiger partial charge in [-0.2, -0.15) is 0 Å². The molecule has 9 heteroatoms. The summed E-state index contributed by atoms with van der Waals surface area (Å²) in [6.07, 6.45) is 0. The summed E-state index contributed by atoms with van der Waals surface area (Å²) < 4.78 is 45.4. The number of carbonyl (C=O) groups is 2. The van der Waals surface area contributed by atoms with E-state index >= 15 is 0 Å². The zero-order valence-corrected chi connectivity index (χ0v) is 15.7. The van der Waals surface area contributed by atoms with Crippen LogP contribution < -0.4 is 15.4 Å². The van der Waals surface area contributed by atoms with Crippen molar-refractivity contribution in [3.8, 4) is 5.75 Å². The van der Waals surface area contributed by atoms with Gasteiger partial charge in [0.2, 0.25) is 11.8 Å². The molecule has 0 saturated heterocycles. The van der Waals surface area contributed by atoms with Crippen LogP contribution in [0.4, 0.5) is 18.9 Å². The Balaban J connectivity index is 1.55. The lowest BCUT2D eigenvalue weighted by Crippen LogP contribution is -2.47. The Labute approximate surface area is 165 Å². The van der Waals surface area contributed by atoms with E-state index in [4.69, 9.17) is 4.74 Å². The SMILES string of the molecule is CC(C(=O)NCC(=O)Nc1ccc(F)c(F)c1F)N1CCOc2ccccc2C1. The van der Waals surface area contributed by atoms with Gasteiger partial charge in [0.1, 0.15) is 12.4 Å². The number of benzene rings is 2. The lowest BCUT2D eigenvalue weighted by molar-refractivity contribution is -0.128. The molecule has 0 spiro atoms. The summed E-state index contributed by atoms with van der Waals surface area (Å²) in [5.74, 6) is -4.92. The number of hydrogen-bond donors (Lipinski definition) is 2. The number of para-hydroxylation sites is 1. The molecule has 1 atom stereocenters. The molecular formula is C20H20F3N3O3. The predicted molar refractivity (Wildman–Crippen MR) is 99.8 cm³/mol. The summed E-state index contributed by atoms with van der Waals surface area (Å²) >= 11 is 0. The number of rotatable bonds is 5. The summed E-state index contributed by atoms with van der Waals surface area (Å²) in [5.41, 5.74) is 0.452. The summed E-state index contributed by atoms with van der Waals surface area (Å²) in [6, 6.07) is 8.61. The predicted octanol–water partition coefficient (Wildman–Crippen LogP) is 2.44. The molecule has 2 aromatic carbocycles. The van der Waals surface area contributed by atoms with Gasteiger partial charge in [-0.3, -0.25) is 14.5 Å². The summed E-state index contributed by atoms with van der Waals surface area (Å²) in [5, 5.41) is 4.57. The largest absolute Gasteiger partial charge is 0.492 e. The van der Waals surface area contributed by atoms with Gasteiger partial charge in [-0.1, -0.05) is 18.2 Å². The Bertz CT molecular complexity index is 923. The van der Waals surface area contributed by atoms with Crippen molar-refractivity contribution in [2.24, 2.45) is 0 Å². The molecular weight excluding hydrogens is 387 g/mol. The van der Waals surface area contributed by atoms with Crippen LogP contribution in [0.2, 0.25) is 0 Å². The fourth-order valence-corrected chi connectivity index (χ4v) is 2.97. The zero-order chi connectivity index (χ0) is 21.0. The molecule has 1 unspecified atom stereocenters. The number of amides is 2. The lowest BCUT2D eigenvalue weighted by atomic mass is 10.1. The van der Waals surface area contributed by atoms with Crippen LogP contribution in [0.3, 0.4) is 0 Å². The van der Waals surface area contributed by atoms with Crippen molar-refractivity contribution in [3.63, 3.8) is 0 Å². The molecule has 0 bridgehead atoms. The number of carbonyl (C=O) groups excluding carboxylic acids is 2. The maximum absolute atomic E-state index is 13.6. The van der Waals surface area contributed by atoms with Crippen molar-refractivity contribution >= 4 is 17.5 Å². The molecule has 0 aliphatic carbocycles. The highest BCUT2D eigenvalue weighted by atomic mass is 19.2. The number of anilines is 1. The van der Waals surface area contributed by atoms with Crippen molar-refractivity contribution in [1.82, 2.24) is 10.2 Å². The summed E-state index contributed by atoms with van der Waals surface area (Å²) in [7, 11) is 0. The van der Waals surface area contributed by atoms with Gasteiger partial charge in [-0.25, -0.2) is 13.2 Å². The van der Waals surface area contributed by atoms with Crippen molar-refractivity contribution in [3.05, 3.63) is 59.4 Å². The average Bonchev–Trinajstić information content (AvgIpc) is 2.94. The van der Waals surface area contributed by atoms with E-state index in [-0.39, 0.29) is 0 Å². The highest BCUT2D eigenvalue weighted by Crippen LogP contribution is 2.23. The lowest BCUT2D eigenvalue weighted by Gasteiger charge is -2.26. The fraction of sp³-hybridized carbons (Fsp3) is 0.300. The van der Waals surface area contributed by atoms with Crippen molar-refractivity contribution in [1.29, 1.82) is 0 Å². The Kier molecular flexibility index (Phi) is 6.38. The zero-order valence-electron chi connectivity index (χ0n) is 15.7. The van der Waals surface area contributed by atoms with E-state index in [1.54, 1.807) is 6.92 Å². The minimum Gasteiger partial charge on any atom is -0.492 e. The Morgan fingerprint density at radius 3 is 2.69 bits per heavy atom. The Morgan fingerprint density at radius 1 is 1.14 bits per heavy atom. The molecule has 1 aliphatic rings. The van der Waals surface area contributed by atoms with Crippen LogP contribution in [-0.4, -0.2) is 42.5 Å². The second-order valence-electron chi connectivity index (χ2n) is 6.59. The first-order valence-electron chi connectivity index (χ1n) is 9.02. The topological polar surface area (TPSA) is 70.7 Å². The van der Waals surface area contributed by atoms with E-state index in [0.29, 0.717) is 25.8 Å². The van der Waals surface area contributed by atoms with E-state index in [1.807, 2.05) is 29.2 Å². The molecule has 3 rings (SSSR count). The van der Waals surface area contributed by atoms with Gasteiger partial charge in [0.25, 0.3) is 0 Å². The number of fused-ring (bicyclic) bond motifs is 1. The van der Waals surface area contributed by atoms with Crippen molar-refractivity contribution in [2.45, 2.75) is 19.5 Å². The molecule has 1 heterocycles. The standard InChI is InChI=1S/C20H20F3N3O3/c1-12(26-8-9-29-16-5-3-2-4-13(16)11-26)20(28)24-10-17(27)25-15-7-6-14(21)18(22)19(15)23/h2-7,12H,8-11H2,1H3,(H,24,28)(H,25,27). The molecule has 2 N–H and O–H groups in total. The second kappa shape index (κ2) is 8.95. The van der Waals surface area contributed by atoms with E-state index < -0.39 is 47.5 Å². The number of nitrogens with zero attached hydrogens (tertiary/aromatic N) is 1. The summed E-state index contributed by atoms with van der Waals surface area (Å²) in [4.78, 5) is 26.3. The summed E-state index contributed by atoms with van der Waals surface area (Å²) in [6.45, 7) is 2.72. The van der Waals surface area contributed by atoms with Crippen LogP contribution >= 0.6 is 0 Å². The van der Waals surface area contributed by atoms with Crippen molar-refractivity contribution in [2.75, 3.05) is 25.0 Å². The maximum atomic E-state index is 13.6. The van der Waals surface area contributed by atoms with E-state index in [1.165, 1.54) is 0 Å². The number of hydrogen-bond acceptors (Lipinski definition) is 4. The van der Waals surface area contributed by atoms with Gasteiger partial charge in [0.05, 0.1) is 18.3 Å². The minimum atomic E-state index is -1.68. The van der Waals surface area contributed by atoms with Crippen LogP contribution in [-0.2, 0) is 16.1 Å². The third-order valence-electron chi connectivity index (χ3n) is 4.64. The van der Waals surface area contributed by atoms with Gasteiger partial charge in [-0.15, -0.1) is 0 Å². The van der Waals surface area contributed by atoms with Gasteiger partial charge in [0, 0.05) is 18.7 Å². The van der Waals surface area contributed by atoms with Gasteiger partial charge < -0.3 is 15.4 Å². The molecule has 29 heavy (non-hydrogen) atoms. The van der Waals surface area contributed by atoms with Crippen LogP contribution in [0, 0.1) is 17.5 Å². The molecule has 0 saturated carbocycles. The van der Waals surface area contributed by atoms with Crippen LogP contribution in [0.1, 0.15) is 12.5 Å². The average molecular weight is 407 g/mol. The second-order valence-corrected chi connectivity index (χ2v) is 6.59. The Hall–Kier alpha value is -3.07. The smallest absolute Gasteiger partial charge is 0.243 e. The van der Waals surface area contributed by atoms with Gasteiger partial charge >= 0.3 is 0 Å². The number of ether oxygens (including phenoxy) is 1. The molecule has 154 valence electrons. The number of halogens is 3. The third-order valence-corrected chi connectivity index (χ3v) is 4.64. The molecule has 0 fully saturated rings. The fourth-order valence-electron chi connectivity index (χ4n) is 2.97. The minimum absolute atomic E-state index is 0.398. The van der Waals surface area contributed by atoms with Gasteiger partial charge in [0.15, 0.2) is 17.5 Å². The van der Waals surface area contributed by atoms with Crippen molar-refractivity contribution < 1.29 is 27.5 Å². The molecule has 0 aromatic heterocycles. The number of nitrogens with one attached hydrogen (secondary N) is 2. The highest BCUT2D eigenvalue weighted by Gasteiger charge is 2.25. The monoisotopic (exact) mass is 407 g/mol. The first kappa shape index (κ1) is 20.7. The third kappa shape index (κ3) is 4.86. The van der Waals surface area contributed by atoms with E-state index in [9.17, 15) is 22.8 Å². The maximum Gasteiger partial charge on any atom is 0.243 e. The Morgan fingerprint density at radius 2 is 1.90 bits per heavy atom. The molecule has 0 radical (unpaired) electrons. The highest BCUT2D eigenvalue weighted by molar-refractivity contribution is 5.95. The van der Waals surface area contributed by atoms with E-state index in [2.05, 4.69) is 10.6 Å². The normalized spacial score (nSPS) is 14.9. The molecule has 2 aromatic rings. The quantitative estimate of drug-likeness (QED) is 0.747. The molecule has 2 amide bonds. The van der Waals surface area contributed by atoms with Crippen LogP contribution in [0.5, 0.6) is 5.75 Å². The molecule has 1 aliphatic heterocycles. The molecule has 6 nitrogen and oxygen atoms in total. The van der Waals surface area contributed by atoms with Crippen LogP contribution in [0.25, 0.3) is 0 Å². The first-order chi connectivity index (χ1) is 13.9. The van der Waals surface area contributed by atoms with Crippen LogP contribution in [0.15, 0.2) is 36.4 Å².